The SMILES string of the molecule is CC1CC(NC(=O)c2nnn(-c3ccccc3F)c2C(F)(F)F)CCN1. The Labute approximate surface area is 146 Å². The van der Waals surface area contributed by atoms with Crippen LogP contribution in [0.25, 0.3) is 5.69 Å². The molecule has 2 heterocycles. The van der Waals surface area contributed by atoms with E-state index >= 15 is 0 Å². The van der Waals surface area contributed by atoms with Gasteiger partial charge in [-0.15, -0.1) is 5.10 Å². The van der Waals surface area contributed by atoms with Crippen LogP contribution < -0.4 is 10.6 Å². The largest absolute Gasteiger partial charge is 0.435 e. The number of hydrogen-bond donors (Lipinski definition) is 2. The molecule has 0 saturated carbocycles. The third kappa shape index (κ3) is 3.69. The predicted molar refractivity (Wildman–Crippen MR) is 84.3 cm³/mol. The molecular formula is C16H17F4N5O. The number of piperidine rings is 1. The van der Waals surface area contributed by atoms with E-state index in [-0.39, 0.29) is 12.1 Å². The summed E-state index contributed by atoms with van der Waals surface area (Å²) in [5.74, 6) is -1.87. The highest BCUT2D eigenvalue weighted by Gasteiger charge is 2.42. The maximum atomic E-state index is 13.9. The Hall–Kier alpha value is -2.49. The molecule has 2 N–H and O–H groups in total. The number of halogens is 4. The average molecular weight is 371 g/mol. The molecule has 2 atom stereocenters. The number of alkyl halides is 3. The summed E-state index contributed by atoms with van der Waals surface area (Å²) in [7, 11) is 0. The Bertz CT molecular complexity index is 804. The van der Waals surface area contributed by atoms with Gasteiger partial charge in [0.25, 0.3) is 5.91 Å². The highest BCUT2D eigenvalue weighted by Crippen LogP contribution is 2.33. The van der Waals surface area contributed by atoms with Gasteiger partial charge in [0.15, 0.2) is 11.4 Å². The Morgan fingerprint density at radius 1 is 1.35 bits per heavy atom. The van der Waals surface area contributed by atoms with Gasteiger partial charge in [0, 0.05) is 12.1 Å². The predicted octanol–water partition coefficient (Wildman–Crippen LogP) is 2.30. The summed E-state index contributed by atoms with van der Waals surface area (Å²) in [5, 5.41) is 12.5. The molecule has 3 rings (SSSR count). The van der Waals surface area contributed by atoms with E-state index in [4.69, 9.17) is 0 Å². The molecule has 1 aromatic heterocycles. The van der Waals surface area contributed by atoms with Crippen LogP contribution >= 0.6 is 0 Å². The summed E-state index contributed by atoms with van der Waals surface area (Å²) in [4.78, 5) is 12.4. The lowest BCUT2D eigenvalue weighted by molar-refractivity contribution is -0.143. The number of nitrogens with one attached hydrogen (secondary N) is 2. The molecule has 140 valence electrons. The van der Waals surface area contributed by atoms with Gasteiger partial charge in [-0.25, -0.2) is 9.07 Å². The molecule has 0 spiro atoms. The number of benzene rings is 1. The number of carbonyl (C=O) groups is 1. The number of carbonyl (C=O) groups excluding carboxylic acids is 1. The molecule has 1 fully saturated rings. The van der Waals surface area contributed by atoms with E-state index in [0.717, 1.165) is 12.1 Å². The second kappa shape index (κ2) is 7.02. The molecular weight excluding hydrogens is 354 g/mol. The summed E-state index contributed by atoms with van der Waals surface area (Å²) in [6.45, 7) is 2.58. The van der Waals surface area contributed by atoms with E-state index in [0.29, 0.717) is 24.1 Å². The quantitative estimate of drug-likeness (QED) is 0.813. The molecule has 2 aromatic rings. The molecule has 0 aliphatic carbocycles. The van der Waals surface area contributed by atoms with Crippen molar-refractivity contribution in [2.24, 2.45) is 0 Å². The van der Waals surface area contributed by atoms with Crippen molar-refractivity contribution in [3.8, 4) is 5.69 Å². The molecule has 1 aromatic carbocycles. The Morgan fingerprint density at radius 2 is 2.08 bits per heavy atom. The Kier molecular flexibility index (Phi) is 4.94. The van der Waals surface area contributed by atoms with Crippen LogP contribution in [0, 0.1) is 5.82 Å². The smallest absolute Gasteiger partial charge is 0.348 e. The van der Waals surface area contributed by atoms with Crippen LogP contribution in [0.15, 0.2) is 24.3 Å². The van der Waals surface area contributed by atoms with Gasteiger partial charge in [-0.3, -0.25) is 4.79 Å². The van der Waals surface area contributed by atoms with Crippen LogP contribution in [0.4, 0.5) is 17.6 Å². The summed E-state index contributed by atoms with van der Waals surface area (Å²) < 4.78 is 54.9. The van der Waals surface area contributed by atoms with Crippen molar-refractivity contribution in [1.29, 1.82) is 0 Å². The highest BCUT2D eigenvalue weighted by atomic mass is 19.4. The van der Waals surface area contributed by atoms with Crippen molar-refractivity contribution in [1.82, 2.24) is 25.6 Å². The van der Waals surface area contributed by atoms with E-state index in [1.54, 1.807) is 0 Å². The van der Waals surface area contributed by atoms with Crippen molar-refractivity contribution >= 4 is 5.91 Å². The molecule has 1 saturated heterocycles. The second-order valence-corrected chi connectivity index (χ2v) is 6.20. The fourth-order valence-corrected chi connectivity index (χ4v) is 3.00. The zero-order valence-electron chi connectivity index (χ0n) is 13.8. The summed E-state index contributed by atoms with van der Waals surface area (Å²) in [5.41, 5.74) is -2.70. The van der Waals surface area contributed by atoms with Crippen molar-refractivity contribution in [2.75, 3.05) is 6.54 Å². The number of para-hydroxylation sites is 1. The lowest BCUT2D eigenvalue weighted by Crippen LogP contribution is -2.47. The van der Waals surface area contributed by atoms with E-state index in [9.17, 15) is 22.4 Å². The lowest BCUT2D eigenvalue weighted by atomic mass is 10.0. The zero-order chi connectivity index (χ0) is 18.9. The van der Waals surface area contributed by atoms with Gasteiger partial charge in [-0.2, -0.15) is 13.2 Å². The normalized spacial score (nSPS) is 20.8. The first-order valence-corrected chi connectivity index (χ1v) is 8.09. The summed E-state index contributed by atoms with van der Waals surface area (Å²) in [6, 6.07) is 4.73. The molecule has 26 heavy (non-hydrogen) atoms. The summed E-state index contributed by atoms with van der Waals surface area (Å²) in [6.07, 6.45) is -3.74. The van der Waals surface area contributed by atoms with Crippen LogP contribution in [0.3, 0.4) is 0 Å². The van der Waals surface area contributed by atoms with E-state index in [1.165, 1.54) is 12.1 Å². The van der Waals surface area contributed by atoms with Crippen molar-refractivity contribution in [3.05, 3.63) is 41.5 Å². The molecule has 2 unspecified atom stereocenters. The third-order valence-corrected chi connectivity index (χ3v) is 4.19. The first-order chi connectivity index (χ1) is 12.3. The van der Waals surface area contributed by atoms with Crippen LogP contribution in [0.1, 0.15) is 35.9 Å². The minimum atomic E-state index is -4.93. The molecule has 1 aliphatic heterocycles. The van der Waals surface area contributed by atoms with E-state index < -0.39 is 35.0 Å². The molecule has 0 radical (unpaired) electrons. The first kappa shape index (κ1) is 18.3. The van der Waals surface area contributed by atoms with E-state index in [2.05, 4.69) is 20.9 Å². The fourth-order valence-electron chi connectivity index (χ4n) is 3.00. The van der Waals surface area contributed by atoms with Crippen LogP contribution in [-0.4, -0.2) is 39.5 Å². The Morgan fingerprint density at radius 3 is 2.73 bits per heavy atom. The molecule has 1 amide bonds. The minimum absolute atomic E-state index is 0.144. The van der Waals surface area contributed by atoms with Crippen LogP contribution in [-0.2, 0) is 6.18 Å². The van der Waals surface area contributed by atoms with Crippen molar-refractivity contribution < 1.29 is 22.4 Å². The van der Waals surface area contributed by atoms with Crippen LogP contribution in [0.2, 0.25) is 0 Å². The first-order valence-electron chi connectivity index (χ1n) is 8.09. The molecule has 6 nitrogen and oxygen atoms in total. The van der Waals surface area contributed by atoms with Gasteiger partial charge in [-0.05, 0) is 38.4 Å². The van der Waals surface area contributed by atoms with Gasteiger partial charge in [0.1, 0.15) is 11.5 Å². The molecule has 1 aliphatic rings. The Balaban J connectivity index is 1.95. The number of hydrogen-bond acceptors (Lipinski definition) is 4. The van der Waals surface area contributed by atoms with E-state index in [1.807, 2.05) is 6.92 Å². The minimum Gasteiger partial charge on any atom is -0.348 e. The molecule has 10 heteroatoms. The maximum absolute atomic E-state index is 13.9. The summed E-state index contributed by atoms with van der Waals surface area (Å²) >= 11 is 0. The fraction of sp³-hybridized carbons (Fsp3) is 0.438. The number of amides is 1. The topological polar surface area (TPSA) is 71.8 Å². The lowest BCUT2D eigenvalue weighted by Gasteiger charge is -2.28. The number of aromatic nitrogens is 3. The van der Waals surface area contributed by atoms with Crippen LogP contribution in [0.5, 0.6) is 0 Å². The van der Waals surface area contributed by atoms with Gasteiger partial charge < -0.3 is 10.6 Å². The van der Waals surface area contributed by atoms with Crippen molar-refractivity contribution in [2.45, 2.75) is 38.0 Å². The average Bonchev–Trinajstić information content (AvgIpc) is 3.00. The van der Waals surface area contributed by atoms with Gasteiger partial charge in [0.2, 0.25) is 0 Å². The standard InChI is InChI=1S/C16H17F4N5O/c1-9-8-10(6-7-21-9)22-15(26)13-14(16(18,19)20)25(24-23-13)12-5-3-2-4-11(12)17/h2-5,9-10,21H,6-8H2,1H3,(H,22,26). The zero-order valence-corrected chi connectivity index (χ0v) is 13.8. The molecule has 0 bridgehead atoms. The third-order valence-electron chi connectivity index (χ3n) is 4.19. The monoisotopic (exact) mass is 371 g/mol. The highest BCUT2D eigenvalue weighted by molar-refractivity contribution is 5.93. The maximum Gasteiger partial charge on any atom is 0.435 e. The van der Waals surface area contributed by atoms with Gasteiger partial charge in [0.05, 0.1) is 0 Å². The number of rotatable bonds is 3. The second-order valence-electron chi connectivity index (χ2n) is 6.20. The number of nitrogens with zero attached hydrogens (tertiary/aromatic N) is 3. The van der Waals surface area contributed by atoms with Gasteiger partial charge >= 0.3 is 6.18 Å². The van der Waals surface area contributed by atoms with Crippen molar-refractivity contribution in [3.63, 3.8) is 0 Å². The van der Waals surface area contributed by atoms with Gasteiger partial charge in [-0.1, -0.05) is 17.3 Å².